The molecule has 0 saturated heterocycles. The zero-order valence-corrected chi connectivity index (χ0v) is 19.1. The molecule has 0 fully saturated rings. The summed E-state index contributed by atoms with van der Waals surface area (Å²) in [6, 6.07) is 10.9. The van der Waals surface area contributed by atoms with E-state index in [1.165, 1.54) is 11.6 Å². The van der Waals surface area contributed by atoms with E-state index in [1.54, 1.807) is 24.9 Å². The Balaban J connectivity index is 0.00000280. The van der Waals surface area contributed by atoms with E-state index in [-0.39, 0.29) is 36.6 Å². The highest BCUT2D eigenvalue weighted by Gasteiger charge is 2.13. The van der Waals surface area contributed by atoms with Crippen LogP contribution in [-0.2, 0) is 18.7 Å². The summed E-state index contributed by atoms with van der Waals surface area (Å²) in [6.45, 7) is 1.62. The van der Waals surface area contributed by atoms with Crippen molar-refractivity contribution in [3.8, 4) is 11.5 Å². The van der Waals surface area contributed by atoms with Crippen molar-refractivity contribution in [1.29, 1.82) is 0 Å². The minimum atomic E-state index is -0.200. The fourth-order valence-electron chi connectivity index (χ4n) is 2.88. The third kappa shape index (κ3) is 6.16. The summed E-state index contributed by atoms with van der Waals surface area (Å²) in [7, 11) is 1.74. The number of nitrogens with one attached hydrogen (secondary N) is 2. The second-order valence-electron chi connectivity index (χ2n) is 6.14. The summed E-state index contributed by atoms with van der Waals surface area (Å²) in [4.78, 5) is 4.26. The van der Waals surface area contributed by atoms with Gasteiger partial charge >= 0.3 is 0 Å². The molecular weight excluding hydrogens is 492 g/mol. The van der Waals surface area contributed by atoms with Crippen LogP contribution in [-0.4, -0.2) is 32.6 Å². The summed E-state index contributed by atoms with van der Waals surface area (Å²) >= 11 is 1.68. The molecule has 2 N–H and O–H groups in total. The Bertz CT molecular complexity index is 820. The number of hydrogen-bond acceptors (Lipinski definition) is 4. The number of nitrogens with zero attached hydrogens (tertiary/aromatic N) is 1. The number of hydrogen-bond donors (Lipinski definition) is 2. The number of aliphatic imine (C=N–C) groups is 1. The van der Waals surface area contributed by atoms with Crippen molar-refractivity contribution in [2.45, 2.75) is 18.7 Å². The molecule has 0 unspecified atom stereocenters. The van der Waals surface area contributed by atoms with Gasteiger partial charge < -0.3 is 20.1 Å². The predicted molar refractivity (Wildman–Crippen MR) is 124 cm³/mol. The Morgan fingerprint density at radius 3 is 2.71 bits per heavy atom. The molecule has 2 aromatic carbocycles. The number of thioether (sulfide) groups is 1. The van der Waals surface area contributed by atoms with Crippen LogP contribution in [0.1, 0.15) is 16.7 Å². The molecule has 1 aliphatic rings. The third-order valence-corrected chi connectivity index (χ3v) is 4.88. The Morgan fingerprint density at radius 1 is 1.11 bits per heavy atom. The molecular formula is C20H25FIN3O2S. The van der Waals surface area contributed by atoms with Crippen LogP contribution >= 0.6 is 35.7 Å². The maximum atomic E-state index is 13.5. The van der Waals surface area contributed by atoms with E-state index in [0.717, 1.165) is 47.3 Å². The summed E-state index contributed by atoms with van der Waals surface area (Å²) in [5, 5.41) is 6.60. The molecule has 0 bridgehead atoms. The highest BCUT2D eigenvalue weighted by molar-refractivity contribution is 14.0. The van der Waals surface area contributed by atoms with Crippen molar-refractivity contribution in [3.63, 3.8) is 0 Å². The van der Waals surface area contributed by atoms with Gasteiger partial charge in [-0.2, -0.15) is 11.8 Å². The molecule has 3 rings (SSSR count). The lowest BCUT2D eigenvalue weighted by atomic mass is 10.1. The fraction of sp³-hybridized carbons (Fsp3) is 0.350. The lowest BCUT2D eigenvalue weighted by Gasteiger charge is -2.14. The van der Waals surface area contributed by atoms with Gasteiger partial charge in [0.1, 0.15) is 5.82 Å². The van der Waals surface area contributed by atoms with Gasteiger partial charge in [0.2, 0.25) is 6.79 Å². The van der Waals surface area contributed by atoms with Crippen LogP contribution in [0.25, 0.3) is 0 Å². The SMILES string of the molecule is CN=C(NCCc1ccc2c(c1)OCO2)NCc1ccc(F)cc1CSC.I. The Labute approximate surface area is 186 Å². The highest BCUT2D eigenvalue weighted by Crippen LogP contribution is 2.32. The minimum Gasteiger partial charge on any atom is -0.454 e. The van der Waals surface area contributed by atoms with Crippen molar-refractivity contribution in [2.75, 3.05) is 26.6 Å². The van der Waals surface area contributed by atoms with Crippen LogP contribution in [0.2, 0.25) is 0 Å². The fourth-order valence-corrected chi connectivity index (χ4v) is 3.46. The van der Waals surface area contributed by atoms with Gasteiger partial charge in [-0.3, -0.25) is 4.99 Å². The van der Waals surface area contributed by atoms with Crippen molar-refractivity contribution in [1.82, 2.24) is 10.6 Å². The predicted octanol–water partition coefficient (Wildman–Crippen LogP) is 3.94. The third-order valence-electron chi connectivity index (χ3n) is 4.28. The monoisotopic (exact) mass is 517 g/mol. The van der Waals surface area contributed by atoms with Gasteiger partial charge in [-0.05, 0) is 53.6 Å². The van der Waals surface area contributed by atoms with Gasteiger partial charge in [-0.15, -0.1) is 24.0 Å². The maximum Gasteiger partial charge on any atom is 0.231 e. The highest BCUT2D eigenvalue weighted by atomic mass is 127. The molecule has 0 spiro atoms. The molecule has 0 atom stereocenters. The zero-order valence-electron chi connectivity index (χ0n) is 16.0. The second kappa shape index (κ2) is 11.4. The molecule has 8 heteroatoms. The second-order valence-corrected chi connectivity index (χ2v) is 7.00. The van der Waals surface area contributed by atoms with Crippen molar-refractivity contribution in [2.24, 2.45) is 4.99 Å². The Morgan fingerprint density at radius 2 is 1.93 bits per heavy atom. The summed E-state index contributed by atoms with van der Waals surface area (Å²) < 4.78 is 24.2. The zero-order chi connectivity index (χ0) is 19.1. The van der Waals surface area contributed by atoms with Crippen molar-refractivity contribution >= 4 is 41.7 Å². The van der Waals surface area contributed by atoms with E-state index in [2.05, 4.69) is 15.6 Å². The average molecular weight is 517 g/mol. The quantitative estimate of drug-likeness (QED) is 0.331. The average Bonchev–Trinajstić information content (AvgIpc) is 3.14. The number of fused-ring (bicyclic) bond motifs is 1. The van der Waals surface area contributed by atoms with Gasteiger partial charge in [-0.25, -0.2) is 4.39 Å². The molecule has 152 valence electrons. The van der Waals surface area contributed by atoms with Crippen molar-refractivity contribution < 1.29 is 13.9 Å². The largest absolute Gasteiger partial charge is 0.454 e. The van der Waals surface area contributed by atoms with Crippen LogP contribution in [0, 0.1) is 5.82 Å². The first-order valence-corrected chi connectivity index (χ1v) is 10.2. The summed E-state index contributed by atoms with van der Waals surface area (Å²) in [5.74, 6) is 2.90. The number of guanidine groups is 1. The first-order valence-electron chi connectivity index (χ1n) is 8.79. The molecule has 28 heavy (non-hydrogen) atoms. The number of halogens is 2. The molecule has 0 radical (unpaired) electrons. The summed E-state index contributed by atoms with van der Waals surface area (Å²) in [5.41, 5.74) is 3.25. The van der Waals surface area contributed by atoms with Gasteiger partial charge in [0.15, 0.2) is 17.5 Å². The topological polar surface area (TPSA) is 54.9 Å². The molecule has 0 aromatic heterocycles. The van der Waals surface area contributed by atoms with E-state index >= 15 is 0 Å². The van der Waals surface area contributed by atoms with Crippen LogP contribution < -0.4 is 20.1 Å². The van der Waals surface area contributed by atoms with Crippen molar-refractivity contribution in [3.05, 3.63) is 58.9 Å². The standard InChI is InChI=1S/C20H24FN3O2S.HI/c1-22-20(24-11-15-4-5-17(21)10-16(15)12-27-2)23-8-7-14-3-6-18-19(9-14)26-13-25-18;/h3-6,9-10H,7-8,11-13H2,1-2H3,(H2,22,23,24);1H. The van der Waals surface area contributed by atoms with E-state index in [1.807, 2.05) is 30.5 Å². The Kier molecular flexibility index (Phi) is 9.17. The molecule has 0 amide bonds. The molecule has 0 saturated carbocycles. The van der Waals surface area contributed by atoms with Gasteiger partial charge in [0.05, 0.1) is 0 Å². The minimum absolute atomic E-state index is 0. The van der Waals surface area contributed by atoms with Crippen LogP contribution in [0.4, 0.5) is 4.39 Å². The lowest BCUT2D eigenvalue weighted by Crippen LogP contribution is -2.38. The van der Waals surface area contributed by atoms with E-state index < -0.39 is 0 Å². The Hall–Kier alpha value is -1.68. The normalized spacial score (nSPS) is 12.5. The molecule has 0 aliphatic carbocycles. The first kappa shape index (κ1) is 22.6. The van der Waals surface area contributed by atoms with Gasteiger partial charge in [0.25, 0.3) is 0 Å². The van der Waals surface area contributed by atoms with E-state index in [9.17, 15) is 4.39 Å². The lowest BCUT2D eigenvalue weighted by molar-refractivity contribution is 0.174. The van der Waals surface area contributed by atoms with E-state index in [0.29, 0.717) is 6.54 Å². The van der Waals surface area contributed by atoms with Crippen LogP contribution in [0.15, 0.2) is 41.4 Å². The molecule has 2 aromatic rings. The van der Waals surface area contributed by atoms with Crippen LogP contribution in [0.3, 0.4) is 0 Å². The molecule has 5 nitrogen and oxygen atoms in total. The van der Waals surface area contributed by atoms with Gasteiger partial charge in [-0.1, -0.05) is 12.1 Å². The van der Waals surface area contributed by atoms with Gasteiger partial charge in [0, 0.05) is 25.9 Å². The maximum absolute atomic E-state index is 13.5. The number of rotatable bonds is 7. The summed E-state index contributed by atoms with van der Waals surface area (Å²) in [6.07, 6.45) is 2.85. The smallest absolute Gasteiger partial charge is 0.231 e. The molecule has 1 heterocycles. The number of benzene rings is 2. The van der Waals surface area contributed by atoms with E-state index in [4.69, 9.17) is 9.47 Å². The van der Waals surface area contributed by atoms with Crippen LogP contribution in [0.5, 0.6) is 11.5 Å². The first-order chi connectivity index (χ1) is 13.2. The molecule has 1 aliphatic heterocycles. The number of ether oxygens (including phenoxy) is 2.